The van der Waals surface area contributed by atoms with Gasteiger partial charge in [0.2, 0.25) is 10.0 Å². The van der Waals surface area contributed by atoms with Crippen molar-refractivity contribution < 1.29 is 22.7 Å². The number of sulfonamides is 1. The lowest BCUT2D eigenvalue weighted by Crippen LogP contribution is -2.37. The molecule has 1 fully saturated rings. The summed E-state index contributed by atoms with van der Waals surface area (Å²) in [4.78, 5) is 24.7. The van der Waals surface area contributed by atoms with E-state index >= 15 is 0 Å². The number of piperidine rings is 1. The number of hydrogen-bond acceptors (Lipinski definition) is 5. The van der Waals surface area contributed by atoms with Crippen LogP contribution in [0.4, 0.5) is 5.69 Å². The molecule has 3 rings (SSSR count). The van der Waals surface area contributed by atoms with Gasteiger partial charge in [-0.05, 0) is 62.1 Å². The maximum Gasteiger partial charge on any atom is 0.339 e. The Hall–Kier alpha value is -2.13. The molecule has 0 aromatic heterocycles. The van der Waals surface area contributed by atoms with Crippen LogP contribution in [0.1, 0.15) is 47.4 Å². The SMILES string of the molecule is CCOC(=O)c1ccc(NC(=O)c2cc(S(=O)(=O)N3CCC(C)CC3)ccc2Cl)cc1Cl. The minimum atomic E-state index is -3.74. The Morgan fingerprint density at radius 1 is 1.06 bits per heavy atom. The highest BCUT2D eigenvalue weighted by Gasteiger charge is 2.29. The third-order valence-electron chi connectivity index (χ3n) is 5.29. The van der Waals surface area contributed by atoms with Crippen LogP contribution in [0, 0.1) is 5.92 Å². The highest BCUT2D eigenvalue weighted by Crippen LogP contribution is 2.28. The van der Waals surface area contributed by atoms with E-state index in [0.717, 1.165) is 12.8 Å². The molecule has 1 aliphatic heterocycles. The summed E-state index contributed by atoms with van der Waals surface area (Å²) >= 11 is 12.3. The molecular weight excluding hydrogens is 475 g/mol. The Balaban J connectivity index is 1.82. The molecule has 1 saturated heterocycles. The minimum absolute atomic E-state index is 0.0114. The number of benzene rings is 2. The number of esters is 1. The maximum absolute atomic E-state index is 13.0. The van der Waals surface area contributed by atoms with Gasteiger partial charge < -0.3 is 10.1 Å². The summed E-state index contributed by atoms with van der Waals surface area (Å²) in [6.07, 6.45) is 1.59. The summed E-state index contributed by atoms with van der Waals surface area (Å²) in [5.74, 6) is -0.683. The van der Waals surface area contributed by atoms with Crippen molar-refractivity contribution >= 4 is 50.8 Å². The number of anilines is 1. The molecule has 0 saturated carbocycles. The Morgan fingerprint density at radius 2 is 1.75 bits per heavy atom. The molecule has 0 bridgehead atoms. The number of carbonyl (C=O) groups is 2. The fraction of sp³-hybridized carbons (Fsp3) is 0.364. The van der Waals surface area contributed by atoms with Gasteiger partial charge in [0.15, 0.2) is 0 Å². The summed E-state index contributed by atoms with van der Waals surface area (Å²) in [5.41, 5.74) is 0.514. The van der Waals surface area contributed by atoms with Gasteiger partial charge in [0.25, 0.3) is 5.91 Å². The van der Waals surface area contributed by atoms with Gasteiger partial charge in [0, 0.05) is 18.8 Å². The van der Waals surface area contributed by atoms with Gasteiger partial charge >= 0.3 is 5.97 Å². The molecule has 1 N–H and O–H groups in total. The van der Waals surface area contributed by atoms with Crippen LogP contribution in [0.5, 0.6) is 0 Å². The predicted molar refractivity (Wildman–Crippen MR) is 124 cm³/mol. The van der Waals surface area contributed by atoms with E-state index < -0.39 is 21.9 Å². The van der Waals surface area contributed by atoms with E-state index in [4.69, 9.17) is 27.9 Å². The monoisotopic (exact) mass is 498 g/mol. The Bertz CT molecular complexity index is 1130. The number of ether oxygens (including phenoxy) is 1. The Morgan fingerprint density at radius 3 is 2.38 bits per heavy atom. The molecule has 2 aromatic rings. The normalized spacial score (nSPS) is 15.4. The van der Waals surface area contributed by atoms with Crippen molar-refractivity contribution in [1.29, 1.82) is 0 Å². The molecule has 7 nitrogen and oxygen atoms in total. The van der Waals surface area contributed by atoms with E-state index in [-0.39, 0.29) is 32.7 Å². The molecule has 0 spiro atoms. The minimum Gasteiger partial charge on any atom is -0.462 e. The summed E-state index contributed by atoms with van der Waals surface area (Å²) in [5, 5.41) is 2.86. The fourth-order valence-corrected chi connectivity index (χ4v) is 5.34. The van der Waals surface area contributed by atoms with Crippen LogP contribution in [0.2, 0.25) is 10.0 Å². The molecule has 1 aliphatic rings. The zero-order valence-corrected chi connectivity index (χ0v) is 20.1. The Kier molecular flexibility index (Phi) is 7.82. The second kappa shape index (κ2) is 10.2. The van der Waals surface area contributed by atoms with Crippen molar-refractivity contribution in [2.75, 3.05) is 25.0 Å². The summed E-state index contributed by atoms with van der Waals surface area (Å²) in [6, 6.07) is 8.42. The molecule has 172 valence electrons. The predicted octanol–water partition coefficient (Wildman–Crippen LogP) is 4.84. The van der Waals surface area contributed by atoms with E-state index in [1.807, 2.05) is 0 Å². The van der Waals surface area contributed by atoms with E-state index in [1.54, 1.807) is 6.92 Å². The van der Waals surface area contributed by atoms with Gasteiger partial charge in [-0.2, -0.15) is 4.31 Å². The van der Waals surface area contributed by atoms with Crippen molar-refractivity contribution in [3.63, 3.8) is 0 Å². The molecule has 0 unspecified atom stereocenters. The number of carbonyl (C=O) groups excluding carboxylic acids is 2. The first kappa shape index (κ1) is 24.5. The molecule has 0 radical (unpaired) electrons. The maximum atomic E-state index is 13.0. The van der Waals surface area contributed by atoms with Crippen LogP contribution >= 0.6 is 23.2 Å². The van der Waals surface area contributed by atoms with Crippen LogP contribution in [-0.4, -0.2) is 44.3 Å². The van der Waals surface area contributed by atoms with Gasteiger partial charge in [0.1, 0.15) is 0 Å². The first-order valence-electron chi connectivity index (χ1n) is 10.2. The molecule has 0 atom stereocenters. The van der Waals surface area contributed by atoms with Gasteiger partial charge in [-0.3, -0.25) is 4.79 Å². The zero-order chi connectivity index (χ0) is 23.5. The molecular formula is C22H24Cl2N2O5S. The lowest BCUT2D eigenvalue weighted by molar-refractivity contribution is 0.0526. The van der Waals surface area contributed by atoms with Gasteiger partial charge in [-0.1, -0.05) is 30.1 Å². The van der Waals surface area contributed by atoms with Crippen LogP contribution in [0.25, 0.3) is 0 Å². The van der Waals surface area contributed by atoms with Crippen LogP contribution in [0.3, 0.4) is 0 Å². The van der Waals surface area contributed by atoms with E-state index in [1.165, 1.54) is 40.7 Å². The number of nitrogens with zero attached hydrogens (tertiary/aromatic N) is 1. The molecule has 10 heteroatoms. The van der Waals surface area contributed by atoms with E-state index in [0.29, 0.717) is 24.7 Å². The molecule has 32 heavy (non-hydrogen) atoms. The van der Waals surface area contributed by atoms with Crippen LogP contribution in [0.15, 0.2) is 41.3 Å². The van der Waals surface area contributed by atoms with Crippen molar-refractivity contribution in [2.24, 2.45) is 5.92 Å². The summed E-state index contributed by atoms with van der Waals surface area (Å²) < 4.78 is 32.4. The molecule has 1 amide bonds. The zero-order valence-electron chi connectivity index (χ0n) is 17.7. The first-order chi connectivity index (χ1) is 15.1. The third-order valence-corrected chi connectivity index (χ3v) is 7.82. The number of amides is 1. The number of halogens is 2. The summed E-state index contributed by atoms with van der Waals surface area (Å²) in [6.45, 7) is 4.88. The number of hydrogen-bond donors (Lipinski definition) is 1. The number of rotatable bonds is 6. The van der Waals surface area contributed by atoms with Crippen molar-refractivity contribution in [1.82, 2.24) is 4.31 Å². The topological polar surface area (TPSA) is 92.8 Å². The van der Waals surface area contributed by atoms with E-state index in [9.17, 15) is 18.0 Å². The molecule has 2 aromatic carbocycles. The van der Waals surface area contributed by atoms with Crippen molar-refractivity contribution in [3.8, 4) is 0 Å². The average Bonchev–Trinajstić information content (AvgIpc) is 2.74. The lowest BCUT2D eigenvalue weighted by atomic mass is 10.0. The smallest absolute Gasteiger partial charge is 0.339 e. The standard InChI is InChI=1S/C22H24Cl2N2O5S/c1-3-31-22(28)17-6-4-15(12-20(17)24)25-21(27)18-13-16(5-7-19(18)23)32(29,30)26-10-8-14(2)9-11-26/h4-7,12-14H,3,8-11H2,1-2H3,(H,25,27). The summed E-state index contributed by atoms with van der Waals surface area (Å²) in [7, 11) is -3.74. The molecule has 1 heterocycles. The van der Waals surface area contributed by atoms with Crippen LogP contribution < -0.4 is 5.32 Å². The second-order valence-corrected chi connectivity index (χ2v) is 10.3. The Labute approximate surface area is 197 Å². The fourth-order valence-electron chi connectivity index (χ4n) is 3.38. The van der Waals surface area contributed by atoms with Gasteiger partial charge in [-0.15, -0.1) is 0 Å². The van der Waals surface area contributed by atoms with Crippen molar-refractivity contribution in [3.05, 3.63) is 57.6 Å². The third kappa shape index (κ3) is 5.43. The van der Waals surface area contributed by atoms with Gasteiger partial charge in [-0.25, -0.2) is 13.2 Å². The molecule has 0 aliphatic carbocycles. The number of nitrogens with one attached hydrogen (secondary N) is 1. The highest BCUT2D eigenvalue weighted by atomic mass is 35.5. The van der Waals surface area contributed by atoms with Crippen LogP contribution in [-0.2, 0) is 14.8 Å². The largest absolute Gasteiger partial charge is 0.462 e. The van der Waals surface area contributed by atoms with E-state index in [2.05, 4.69) is 12.2 Å². The highest BCUT2D eigenvalue weighted by molar-refractivity contribution is 7.89. The van der Waals surface area contributed by atoms with Gasteiger partial charge in [0.05, 0.1) is 32.7 Å². The lowest BCUT2D eigenvalue weighted by Gasteiger charge is -2.29. The second-order valence-electron chi connectivity index (χ2n) is 7.60. The average molecular weight is 499 g/mol. The first-order valence-corrected chi connectivity index (χ1v) is 12.4. The quantitative estimate of drug-likeness (QED) is 0.574. The van der Waals surface area contributed by atoms with Crippen molar-refractivity contribution in [2.45, 2.75) is 31.6 Å².